The number of hydrogen-bond donors (Lipinski definition) is 2. The maximum atomic E-state index is 11.9. The smallest absolute Gasteiger partial charge is 0.231 e. The molecule has 2 aromatic carbocycles. The fourth-order valence-electron chi connectivity index (χ4n) is 4.94. The number of benzene rings is 2. The average molecular weight is 514 g/mol. The Morgan fingerprint density at radius 2 is 1.94 bits per heavy atom. The molecular formula is C25H27N3O5S2. The number of likely N-dealkylation sites (tertiary alicyclic amines) is 1. The normalized spacial score (nSPS) is 21.7. The molecule has 35 heavy (non-hydrogen) atoms. The first-order chi connectivity index (χ1) is 16.8. The summed E-state index contributed by atoms with van der Waals surface area (Å²) in [6.45, 7) is 1.59. The van der Waals surface area contributed by atoms with E-state index >= 15 is 0 Å². The molecule has 1 saturated carbocycles. The number of β-amino-alcohol motifs (C(OH)–C–C–N with tert-alkyl or cyclic N) is 1. The van der Waals surface area contributed by atoms with E-state index in [1.54, 1.807) is 23.5 Å². The van der Waals surface area contributed by atoms with Crippen molar-refractivity contribution in [2.24, 2.45) is 0 Å². The number of ether oxygens (including phenoxy) is 2. The Labute approximate surface area is 208 Å². The van der Waals surface area contributed by atoms with E-state index in [0.717, 1.165) is 58.4 Å². The van der Waals surface area contributed by atoms with Crippen molar-refractivity contribution in [3.05, 3.63) is 64.7 Å². The van der Waals surface area contributed by atoms with Crippen LogP contribution in [0, 0.1) is 0 Å². The number of sulfone groups is 1. The fraction of sp³-hybridized carbons (Fsp3) is 0.400. The largest absolute Gasteiger partial charge is 0.454 e. The molecule has 3 heterocycles. The van der Waals surface area contributed by atoms with Crippen molar-refractivity contribution >= 4 is 26.3 Å². The minimum Gasteiger partial charge on any atom is -0.454 e. The zero-order valence-electron chi connectivity index (χ0n) is 19.3. The van der Waals surface area contributed by atoms with Gasteiger partial charge < -0.3 is 19.9 Å². The van der Waals surface area contributed by atoms with Crippen LogP contribution in [0.1, 0.15) is 41.3 Å². The highest BCUT2D eigenvalue weighted by Crippen LogP contribution is 2.51. The molecule has 0 amide bonds. The number of thiazole rings is 1. The molecule has 1 unspecified atom stereocenters. The van der Waals surface area contributed by atoms with Crippen molar-refractivity contribution in [2.45, 2.75) is 41.8 Å². The van der Waals surface area contributed by atoms with E-state index in [4.69, 9.17) is 14.5 Å². The molecule has 10 heteroatoms. The predicted molar refractivity (Wildman–Crippen MR) is 133 cm³/mol. The maximum Gasteiger partial charge on any atom is 0.231 e. The van der Waals surface area contributed by atoms with Gasteiger partial charge in [0.25, 0.3) is 0 Å². The van der Waals surface area contributed by atoms with Gasteiger partial charge in [0.15, 0.2) is 26.5 Å². The third-order valence-electron chi connectivity index (χ3n) is 7.00. The molecule has 184 valence electrons. The second kappa shape index (κ2) is 8.48. The van der Waals surface area contributed by atoms with Crippen molar-refractivity contribution in [2.75, 3.05) is 31.5 Å². The monoisotopic (exact) mass is 513 g/mol. The summed E-state index contributed by atoms with van der Waals surface area (Å²) in [4.78, 5) is 8.29. The van der Waals surface area contributed by atoms with E-state index in [0.29, 0.717) is 11.4 Å². The molecule has 6 rings (SSSR count). The van der Waals surface area contributed by atoms with Crippen molar-refractivity contribution in [1.82, 2.24) is 9.88 Å². The van der Waals surface area contributed by atoms with Crippen molar-refractivity contribution in [3.8, 4) is 11.5 Å². The van der Waals surface area contributed by atoms with Crippen LogP contribution < -0.4 is 14.8 Å². The standard InChI is InChI=1S/C25H27N3O5S2/c1-35(30,31)19-5-2-16(3-6-19)23(28-11-8-18(29)14-28)22-13-26-24(34-22)27-25(9-10-25)17-4-7-20-21(12-17)33-15-32-20/h2-7,12-13,18,23,29H,8-11,14-15H2,1H3,(H,26,27)/t18-,23?/m1/s1. The number of hydrogen-bond acceptors (Lipinski definition) is 9. The number of aliphatic hydroxyl groups is 1. The van der Waals surface area contributed by atoms with E-state index in [-0.39, 0.29) is 24.5 Å². The number of rotatable bonds is 7. The van der Waals surface area contributed by atoms with Gasteiger partial charge in [-0.05, 0) is 54.7 Å². The second-order valence-electron chi connectivity index (χ2n) is 9.52. The molecule has 3 aliphatic rings. The summed E-state index contributed by atoms with van der Waals surface area (Å²) >= 11 is 1.60. The molecule has 8 nitrogen and oxygen atoms in total. The minimum atomic E-state index is -3.27. The average Bonchev–Trinajstić information content (AvgIpc) is 3.17. The van der Waals surface area contributed by atoms with Gasteiger partial charge in [0.05, 0.1) is 22.6 Å². The predicted octanol–water partition coefficient (Wildman–Crippen LogP) is 3.53. The second-order valence-corrected chi connectivity index (χ2v) is 12.6. The number of fused-ring (bicyclic) bond motifs is 1. The molecule has 2 N–H and O–H groups in total. The van der Waals surface area contributed by atoms with E-state index < -0.39 is 9.84 Å². The molecule has 0 spiro atoms. The van der Waals surface area contributed by atoms with Crippen LogP contribution in [0.15, 0.2) is 53.6 Å². The molecular weight excluding hydrogens is 486 g/mol. The van der Waals surface area contributed by atoms with Crippen LogP contribution in [0.2, 0.25) is 0 Å². The Morgan fingerprint density at radius 1 is 1.17 bits per heavy atom. The lowest BCUT2D eigenvalue weighted by Gasteiger charge is -2.27. The summed E-state index contributed by atoms with van der Waals surface area (Å²) in [6.07, 6.45) is 5.48. The SMILES string of the molecule is CS(=O)(=O)c1ccc(C(c2cnc(NC3(c4ccc5c(c4)OCO5)CC3)s2)N2CC[C@@H](O)C2)cc1. The van der Waals surface area contributed by atoms with Crippen LogP contribution in [0.5, 0.6) is 11.5 Å². The van der Waals surface area contributed by atoms with Crippen LogP contribution >= 0.6 is 11.3 Å². The quantitative estimate of drug-likeness (QED) is 0.495. The highest BCUT2D eigenvalue weighted by Gasteiger charge is 2.46. The summed E-state index contributed by atoms with van der Waals surface area (Å²) in [7, 11) is -3.27. The Kier molecular flexibility index (Phi) is 5.52. The van der Waals surface area contributed by atoms with Crippen molar-refractivity contribution in [1.29, 1.82) is 0 Å². The van der Waals surface area contributed by atoms with Gasteiger partial charge >= 0.3 is 0 Å². The van der Waals surface area contributed by atoms with Gasteiger partial charge in [-0.3, -0.25) is 4.90 Å². The number of aliphatic hydroxyl groups excluding tert-OH is 1. The topological polar surface area (TPSA) is 101 Å². The summed E-state index contributed by atoms with van der Waals surface area (Å²) in [5.74, 6) is 1.55. The maximum absolute atomic E-state index is 11.9. The van der Waals surface area contributed by atoms with Crippen LogP contribution in [-0.4, -0.2) is 55.7 Å². The van der Waals surface area contributed by atoms with Gasteiger partial charge in [-0.2, -0.15) is 0 Å². The van der Waals surface area contributed by atoms with Crippen LogP contribution in [0.3, 0.4) is 0 Å². The molecule has 0 radical (unpaired) electrons. The Hall–Kier alpha value is -2.66. The zero-order chi connectivity index (χ0) is 24.2. The zero-order valence-corrected chi connectivity index (χ0v) is 20.9. The molecule has 1 aromatic heterocycles. The molecule has 2 atom stereocenters. The fourth-order valence-corrected chi connectivity index (χ4v) is 6.64. The first kappa shape index (κ1) is 22.8. The Balaban J connectivity index is 1.28. The lowest BCUT2D eigenvalue weighted by Crippen LogP contribution is -2.28. The molecule has 2 aliphatic heterocycles. The summed E-state index contributed by atoms with van der Waals surface area (Å²) in [6, 6.07) is 13.0. The Morgan fingerprint density at radius 3 is 2.63 bits per heavy atom. The molecule has 2 fully saturated rings. The van der Waals surface area contributed by atoms with E-state index in [2.05, 4.69) is 22.3 Å². The number of nitrogens with zero attached hydrogens (tertiary/aromatic N) is 2. The first-order valence-corrected chi connectivity index (χ1v) is 14.4. The van der Waals surface area contributed by atoms with Gasteiger partial charge in [0, 0.05) is 30.4 Å². The third-order valence-corrected chi connectivity index (χ3v) is 9.09. The molecule has 1 saturated heterocycles. The molecule has 0 bridgehead atoms. The summed E-state index contributed by atoms with van der Waals surface area (Å²) in [5.41, 5.74) is 1.99. The van der Waals surface area contributed by atoms with Crippen LogP contribution in [0.25, 0.3) is 0 Å². The minimum absolute atomic E-state index is 0.102. The third kappa shape index (κ3) is 4.40. The van der Waals surface area contributed by atoms with Gasteiger partial charge in [-0.15, -0.1) is 11.3 Å². The Bertz CT molecular complexity index is 1350. The van der Waals surface area contributed by atoms with Crippen molar-refractivity contribution < 1.29 is 23.0 Å². The van der Waals surface area contributed by atoms with E-state index in [1.165, 1.54) is 6.26 Å². The van der Waals surface area contributed by atoms with E-state index in [9.17, 15) is 13.5 Å². The van der Waals surface area contributed by atoms with Gasteiger partial charge in [-0.1, -0.05) is 18.2 Å². The highest BCUT2D eigenvalue weighted by atomic mass is 32.2. The summed E-state index contributed by atoms with van der Waals surface area (Å²) < 4.78 is 34.9. The van der Waals surface area contributed by atoms with E-state index in [1.807, 2.05) is 24.4 Å². The van der Waals surface area contributed by atoms with Gasteiger partial charge in [-0.25, -0.2) is 13.4 Å². The van der Waals surface area contributed by atoms with Gasteiger partial charge in [0.2, 0.25) is 6.79 Å². The van der Waals surface area contributed by atoms with Crippen molar-refractivity contribution in [3.63, 3.8) is 0 Å². The first-order valence-electron chi connectivity index (χ1n) is 11.7. The number of anilines is 1. The van der Waals surface area contributed by atoms with Crippen LogP contribution in [0.4, 0.5) is 5.13 Å². The highest BCUT2D eigenvalue weighted by molar-refractivity contribution is 7.90. The number of nitrogens with one attached hydrogen (secondary N) is 1. The number of aromatic nitrogens is 1. The lowest BCUT2D eigenvalue weighted by molar-refractivity contribution is 0.167. The molecule has 1 aliphatic carbocycles. The lowest BCUT2D eigenvalue weighted by atomic mass is 10.0. The summed E-state index contributed by atoms with van der Waals surface area (Å²) in [5, 5.41) is 14.7. The van der Waals surface area contributed by atoms with Crippen LogP contribution in [-0.2, 0) is 15.4 Å². The van der Waals surface area contributed by atoms with Gasteiger partial charge in [0.1, 0.15) is 0 Å². The molecule has 3 aromatic rings.